The number of rotatable bonds is 1. The normalized spacial score (nSPS) is 14.0. The van der Waals surface area contributed by atoms with Gasteiger partial charge in [-0.15, -0.1) is 0 Å². The highest BCUT2D eigenvalue weighted by Gasteiger charge is 2.50. The first-order chi connectivity index (χ1) is 21.3. The highest BCUT2D eigenvalue weighted by Crippen LogP contribution is 2.62. The lowest BCUT2D eigenvalue weighted by Gasteiger charge is -2.39. The van der Waals surface area contributed by atoms with Gasteiger partial charge in [-0.2, -0.15) is 0 Å². The average Bonchev–Trinajstić information content (AvgIpc) is 3.60. The molecule has 0 unspecified atom stereocenters. The van der Waals surface area contributed by atoms with Crippen LogP contribution in [0.2, 0.25) is 0 Å². The van der Waals surface area contributed by atoms with Gasteiger partial charge in [0.25, 0.3) is 0 Å². The van der Waals surface area contributed by atoms with Crippen LogP contribution in [0.5, 0.6) is 11.5 Å². The summed E-state index contributed by atoms with van der Waals surface area (Å²) in [5, 5.41) is 4.57. The molecule has 0 fully saturated rings. The Balaban J connectivity index is 1.26. The van der Waals surface area contributed by atoms with Crippen molar-refractivity contribution >= 4 is 32.7 Å². The van der Waals surface area contributed by atoms with Gasteiger partial charge in [0.15, 0.2) is 0 Å². The van der Waals surface area contributed by atoms with Gasteiger partial charge in [-0.05, 0) is 63.0 Å². The van der Waals surface area contributed by atoms with Crippen molar-refractivity contribution in [3.8, 4) is 33.8 Å². The smallest absolute Gasteiger partial charge is 0.143 e. The van der Waals surface area contributed by atoms with Gasteiger partial charge in [0.05, 0.1) is 5.41 Å². The lowest BCUT2D eigenvalue weighted by Crippen LogP contribution is -2.32. The molecule has 1 spiro atoms. The third kappa shape index (κ3) is 2.88. The number of para-hydroxylation sites is 1. The van der Waals surface area contributed by atoms with E-state index in [1.54, 1.807) is 0 Å². The molecule has 200 valence electrons. The van der Waals surface area contributed by atoms with Crippen molar-refractivity contribution in [3.63, 3.8) is 0 Å². The van der Waals surface area contributed by atoms with Crippen molar-refractivity contribution in [1.29, 1.82) is 0 Å². The number of ether oxygens (including phenoxy) is 1. The van der Waals surface area contributed by atoms with Crippen LogP contribution in [0.3, 0.4) is 0 Å². The molecule has 43 heavy (non-hydrogen) atoms. The van der Waals surface area contributed by atoms with E-state index in [9.17, 15) is 0 Å². The van der Waals surface area contributed by atoms with Gasteiger partial charge in [-0.3, -0.25) is 0 Å². The van der Waals surface area contributed by atoms with Crippen LogP contribution in [0, 0.1) is 0 Å². The molecular formula is C41H24O2. The second kappa shape index (κ2) is 8.24. The molecule has 2 nitrogen and oxygen atoms in total. The predicted molar refractivity (Wildman–Crippen MR) is 174 cm³/mol. The molecule has 1 aliphatic carbocycles. The maximum absolute atomic E-state index is 6.77. The van der Waals surface area contributed by atoms with Crippen LogP contribution in [0.15, 0.2) is 150 Å². The molecule has 0 bridgehead atoms. The van der Waals surface area contributed by atoms with Crippen LogP contribution in [-0.4, -0.2) is 0 Å². The molecule has 7 aromatic carbocycles. The summed E-state index contributed by atoms with van der Waals surface area (Å²) in [5.41, 5.74) is 11.1. The molecule has 2 heteroatoms. The van der Waals surface area contributed by atoms with Gasteiger partial charge >= 0.3 is 0 Å². The van der Waals surface area contributed by atoms with Crippen molar-refractivity contribution in [2.75, 3.05) is 0 Å². The first-order valence-electron chi connectivity index (χ1n) is 14.8. The summed E-state index contributed by atoms with van der Waals surface area (Å²) in [6, 6.07) is 52.1. The van der Waals surface area contributed by atoms with E-state index < -0.39 is 5.41 Å². The van der Waals surface area contributed by atoms with Crippen LogP contribution in [-0.2, 0) is 5.41 Å². The summed E-state index contributed by atoms with van der Waals surface area (Å²) in [7, 11) is 0. The fraction of sp³-hybridized carbons (Fsp3) is 0.0244. The molecule has 8 aromatic rings. The second-order valence-electron chi connectivity index (χ2n) is 11.6. The van der Waals surface area contributed by atoms with Gasteiger partial charge in [0.1, 0.15) is 22.7 Å². The van der Waals surface area contributed by atoms with E-state index in [0.717, 1.165) is 50.0 Å². The first kappa shape index (κ1) is 23.0. The topological polar surface area (TPSA) is 22.4 Å². The Morgan fingerprint density at radius 3 is 1.95 bits per heavy atom. The largest absolute Gasteiger partial charge is 0.457 e. The van der Waals surface area contributed by atoms with Gasteiger partial charge in [0.2, 0.25) is 0 Å². The third-order valence-electron chi connectivity index (χ3n) is 9.55. The lowest BCUT2D eigenvalue weighted by atomic mass is 9.66. The number of fused-ring (bicyclic) bond motifs is 14. The lowest BCUT2D eigenvalue weighted by molar-refractivity contribution is 0.436. The van der Waals surface area contributed by atoms with Gasteiger partial charge < -0.3 is 9.15 Å². The zero-order valence-electron chi connectivity index (χ0n) is 23.2. The molecule has 0 amide bonds. The maximum Gasteiger partial charge on any atom is 0.143 e. The van der Waals surface area contributed by atoms with Crippen LogP contribution >= 0.6 is 0 Å². The fourth-order valence-corrected chi connectivity index (χ4v) is 7.82. The number of hydrogen-bond donors (Lipinski definition) is 0. The highest BCUT2D eigenvalue weighted by molar-refractivity contribution is 6.19. The van der Waals surface area contributed by atoms with Gasteiger partial charge in [-0.25, -0.2) is 0 Å². The molecule has 0 saturated heterocycles. The van der Waals surface area contributed by atoms with Crippen LogP contribution in [0.25, 0.3) is 55.0 Å². The minimum atomic E-state index is -0.455. The second-order valence-corrected chi connectivity index (χ2v) is 11.6. The molecule has 0 atom stereocenters. The van der Waals surface area contributed by atoms with E-state index in [2.05, 4.69) is 146 Å². The summed E-state index contributed by atoms with van der Waals surface area (Å²) >= 11 is 0. The quantitative estimate of drug-likeness (QED) is 0.204. The zero-order valence-corrected chi connectivity index (χ0v) is 23.2. The van der Waals surface area contributed by atoms with E-state index in [1.807, 2.05) is 0 Å². The standard InChI is InChI=1S/C41H24O2/c1-2-11-28-25(10-1)20-22-31-39-27(14-9-19-37(39)43-40(28)31)26-21-23-35-38(24-26)42-36-18-8-7-17-34(36)41(35)32-15-5-3-12-29(32)30-13-4-6-16-33(30)41/h1-24H. The third-order valence-corrected chi connectivity index (χ3v) is 9.55. The molecule has 0 radical (unpaired) electrons. The maximum atomic E-state index is 6.77. The average molecular weight is 549 g/mol. The van der Waals surface area contributed by atoms with Crippen LogP contribution in [0.1, 0.15) is 22.3 Å². The summed E-state index contributed by atoms with van der Waals surface area (Å²) in [5.74, 6) is 1.79. The fourth-order valence-electron chi connectivity index (χ4n) is 7.82. The molecular weight excluding hydrogens is 524 g/mol. The Hall–Kier alpha value is -5.60. The Labute approximate surface area is 248 Å². The Morgan fingerprint density at radius 2 is 1.12 bits per heavy atom. The Kier molecular flexibility index (Phi) is 4.41. The molecule has 1 aliphatic heterocycles. The minimum absolute atomic E-state index is 0.455. The van der Waals surface area contributed by atoms with Crippen LogP contribution < -0.4 is 4.74 Å². The SMILES string of the molecule is c1ccc2c(c1)Oc1cc(-c3cccc4oc5c6ccccc6ccc5c34)ccc1C21c2ccccc2-c2ccccc21. The summed E-state index contributed by atoms with van der Waals surface area (Å²) < 4.78 is 13.3. The molecule has 0 N–H and O–H groups in total. The molecule has 2 aliphatic rings. The van der Waals surface area contributed by atoms with Crippen molar-refractivity contribution in [2.45, 2.75) is 5.41 Å². The van der Waals surface area contributed by atoms with E-state index in [4.69, 9.17) is 9.15 Å². The van der Waals surface area contributed by atoms with E-state index in [0.29, 0.717) is 0 Å². The van der Waals surface area contributed by atoms with Crippen molar-refractivity contribution in [2.24, 2.45) is 0 Å². The number of benzene rings is 7. The van der Waals surface area contributed by atoms with Gasteiger partial charge in [-0.1, -0.05) is 121 Å². The minimum Gasteiger partial charge on any atom is -0.457 e. The van der Waals surface area contributed by atoms with E-state index >= 15 is 0 Å². The predicted octanol–water partition coefficient (Wildman–Crippen LogP) is 10.9. The number of hydrogen-bond acceptors (Lipinski definition) is 2. The first-order valence-corrected chi connectivity index (χ1v) is 14.8. The Bertz CT molecular complexity index is 2400. The van der Waals surface area contributed by atoms with E-state index in [-0.39, 0.29) is 0 Å². The van der Waals surface area contributed by atoms with Crippen molar-refractivity contribution in [1.82, 2.24) is 0 Å². The monoisotopic (exact) mass is 548 g/mol. The Morgan fingerprint density at radius 1 is 0.442 bits per heavy atom. The zero-order chi connectivity index (χ0) is 28.1. The summed E-state index contributed by atoms with van der Waals surface area (Å²) in [4.78, 5) is 0. The van der Waals surface area contributed by atoms with Crippen molar-refractivity contribution < 1.29 is 9.15 Å². The summed E-state index contributed by atoms with van der Waals surface area (Å²) in [6.45, 7) is 0. The summed E-state index contributed by atoms with van der Waals surface area (Å²) in [6.07, 6.45) is 0. The molecule has 2 heterocycles. The van der Waals surface area contributed by atoms with Crippen molar-refractivity contribution in [3.05, 3.63) is 168 Å². The molecule has 0 saturated carbocycles. The van der Waals surface area contributed by atoms with E-state index in [1.165, 1.54) is 38.8 Å². The highest BCUT2D eigenvalue weighted by atomic mass is 16.5. The molecule has 1 aromatic heterocycles. The molecule has 10 rings (SSSR count). The number of furan rings is 1. The van der Waals surface area contributed by atoms with Gasteiger partial charge in [0, 0.05) is 27.3 Å². The van der Waals surface area contributed by atoms with Crippen LogP contribution in [0.4, 0.5) is 0 Å².